The smallest absolute Gasteiger partial charge is 0.205 e. The highest BCUT2D eigenvalue weighted by Gasteiger charge is 2.20. The number of phenolic OH excluding ortho intramolecular Hbond substituents is 3. The molecule has 0 fully saturated rings. The summed E-state index contributed by atoms with van der Waals surface area (Å²) in [7, 11) is 4.07. The number of methoxy groups -OCH3 is 3. The molecular formula is C18H16O8. The highest BCUT2D eigenvalue weighted by Crippen LogP contribution is 2.43. The quantitative estimate of drug-likeness (QED) is 0.608. The molecule has 8 heteroatoms. The van der Waals surface area contributed by atoms with Crippen LogP contribution < -0.4 is 19.6 Å². The van der Waals surface area contributed by atoms with E-state index in [1.54, 1.807) is 0 Å². The molecule has 0 saturated carbocycles. The van der Waals surface area contributed by atoms with Gasteiger partial charge in [-0.05, 0) is 23.8 Å². The molecule has 136 valence electrons. The second-order valence-corrected chi connectivity index (χ2v) is 5.36. The number of phenols is 3. The van der Waals surface area contributed by atoms with Crippen molar-refractivity contribution >= 4 is 11.0 Å². The molecule has 8 nitrogen and oxygen atoms in total. The first-order chi connectivity index (χ1) is 12.4. The topological polar surface area (TPSA) is 119 Å². The minimum atomic E-state index is -0.599. The number of fused-ring (bicyclic) bond motifs is 1. The number of rotatable bonds is 4. The maximum Gasteiger partial charge on any atom is 0.205 e. The van der Waals surface area contributed by atoms with Crippen LogP contribution in [-0.2, 0) is 0 Å². The van der Waals surface area contributed by atoms with Gasteiger partial charge in [0.2, 0.25) is 22.7 Å². The molecule has 0 saturated heterocycles. The normalized spacial score (nSPS) is 10.7. The van der Waals surface area contributed by atoms with E-state index in [9.17, 15) is 20.1 Å². The van der Waals surface area contributed by atoms with Gasteiger partial charge in [-0.25, -0.2) is 0 Å². The van der Waals surface area contributed by atoms with Crippen LogP contribution in [-0.4, -0.2) is 36.6 Å². The predicted octanol–water partition coefficient (Wildman–Crippen LogP) is 2.60. The summed E-state index contributed by atoms with van der Waals surface area (Å²) >= 11 is 0. The molecule has 0 aliphatic rings. The molecule has 0 bridgehead atoms. The van der Waals surface area contributed by atoms with Crippen molar-refractivity contribution in [1.82, 2.24) is 0 Å². The highest BCUT2D eigenvalue weighted by molar-refractivity contribution is 5.90. The minimum Gasteiger partial charge on any atom is -0.504 e. The van der Waals surface area contributed by atoms with Crippen LogP contribution in [0.1, 0.15) is 0 Å². The van der Waals surface area contributed by atoms with Crippen molar-refractivity contribution in [2.45, 2.75) is 0 Å². The molecule has 0 aliphatic heterocycles. The molecule has 0 spiro atoms. The summed E-state index contributed by atoms with van der Waals surface area (Å²) in [5, 5.41) is 30.0. The summed E-state index contributed by atoms with van der Waals surface area (Å²) in [5.74, 6) is -1.06. The van der Waals surface area contributed by atoms with E-state index in [1.807, 2.05) is 0 Å². The molecule has 1 heterocycles. The van der Waals surface area contributed by atoms with Crippen LogP contribution in [0.4, 0.5) is 0 Å². The lowest BCUT2D eigenvalue weighted by Gasteiger charge is -2.12. The van der Waals surface area contributed by atoms with E-state index in [-0.39, 0.29) is 39.5 Å². The summed E-state index contributed by atoms with van der Waals surface area (Å²) in [6, 6.07) is 4.10. The van der Waals surface area contributed by atoms with Gasteiger partial charge >= 0.3 is 0 Å². The number of hydrogen-bond donors (Lipinski definition) is 3. The standard InChI is InChI=1S/C18H16O8/c1-23-12-6-9-14(20)10(7-26-17(9)16(22)15(12)21)8-4-11(19)18(25-3)13(5-8)24-2/h4-7,19,21-22H,1-3H3. The van der Waals surface area contributed by atoms with Crippen LogP contribution in [0.2, 0.25) is 0 Å². The fourth-order valence-corrected chi connectivity index (χ4v) is 2.68. The fraction of sp³-hybridized carbons (Fsp3) is 0.167. The Morgan fingerprint density at radius 1 is 0.885 bits per heavy atom. The van der Waals surface area contributed by atoms with Gasteiger partial charge in [0, 0.05) is 0 Å². The summed E-state index contributed by atoms with van der Waals surface area (Å²) in [5.41, 5.74) is -0.239. The zero-order chi connectivity index (χ0) is 19.0. The van der Waals surface area contributed by atoms with Gasteiger partial charge in [0.05, 0.1) is 32.3 Å². The van der Waals surface area contributed by atoms with Gasteiger partial charge < -0.3 is 33.9 Å². The van der Waals surface area contributed by atoms with Gasteiger partial charge in [0.1, 0.15) is 6.26 Å². The Labute approximate surface area is 147 Å². The van der Waals surface area contributed by atoms with Crippen molar-refractivity contribution in [2.24, 2.45) is 0 Å². The molecule has 0 radical (unpaired) electrons. The Balaban J connectivity index is 2.31. The van der Waals surface area contributed by atoms with Crippen LogP contribution in [0.5, 0.6) is 34.5 Å². The molecular weight excluding hydrogens is 344 g/mol. The second-order valence-electron chi connectivity index (χ2n) is 5.36. The Morgan fingerprint density at radius 3 is 2.19 bits per heavy atom. The lowest BCUT2D eigenvalue weighted by Crippen LogP contribution is -2.05. The van der Waals surface area contributed by atoms with Crippen molar-refractivity contribution in [3.63, 3.8) is 0 Å². The molecule has 2 aromatic carbocycles. The predicted molar refractivity (Wildman–Crippen MR) is 92.6 cm³/mol. The molecule has 3 rings (SSSR count). The Kier molecular flexibility index (Phi) is 4.25. The minimum absolute atomic E-state index is 0.00363. The maximum absolute atomic E-state index is 12.9. The van der Waals surface area contributed by atoms with Crippen LogP contribution in [0.15, 0.2) is 33.7 Å². The summed E-state index contributed by atoms with van der Waals surface area (Å²) in [4.78, 5) is 12.9. The molecule has 0 amide bonds. The van der Waals surface area contributed by atoms with Crippen LogP contribution in [0.3, 0.4) is 0 Å². The van der Waals surface area contributed by atoms with Gasteiger partial charge in [0.15, 0.2) is 22.8 Å². The molecule has 0 atom stereocenters. The van der Waals surface area contributed by atoms with E-state index >= 15 is 0 Å². The van der Waals surface area contributed by atoms with E-state index in [4.69, 9.17) is 18.6 Å². The van der Waals surface area contributed by atoms with Crippen molar-refractivity contribution in [3.05, 3.63) is 34.7 Å². The average Bonchev–Trinajstić information content (AvgIpc) is 2.64. The zero-order valence-corrected chi connectivity index (χ0v) is 14.2. The number of aromatic hydroxyl groups is 3. The highest BCUT2D eigenvalue weighted by atomic mass is 16.5. The van der Waals surface area contributed by atoms with Crippen molar-refractivity contribution in [2.75, 3.05) is 21.3 Å². The Hall–Kier alpha value is -3.55. The molecule has 3 aromatic rings. The van der Waals surface area contributed by atoms with Gasteiger partial charge in [0.25, 0.3) is 0 Å². The number of hydrogen-bond acceptors (Lipinski definition) is 8. The average molecular weight is 360 g/mol. The number of ether oxygens (including phenoxy) is 3. The summed E-state index contributed by atoms with van der Waals surface area (Å²) in [6.07, 6.45) is 1.12. The van der Waals surface area contributed by atoms with E-state index in [2.05, 4.69) is 0 Å². The fourth-order valence-electron chi connectivity index (χ4n) is 2.68. The molecule has 3 N–H and O–H groups in total. The van der Waals surface area contributed by atoms with E-state index < -0.39 is 16.9 Å². The molecule has 0 aliphatic carbocycles. The third kappa shape index (κ3) is 2.52. The third-order valence-corrected chi connectivity index (χ3v) is 3.97. The van der Waals surface area contributed by atoms with Crippen LogP contribution in [0.25, 0.3) is 22.1 Å². The maximum atomic E-state index is 12.9. The lowest BCUT2D eigenvalue weighted by molar-refractivity contribution is 0.333. The first-order valence-corrected chi connectivity index (χ1v) is 7.42. The monoisotopic (exact) mass is 360 g/mol. The SMILES string of the molecule is COc1cc2c(=O)c(-c3cc(O)c(OC)c(OC)c3)coc2c(O)c1O. The Morgan fingerprint density at radius 2 is 1.58 bits per heavy atom. The lowest BCUT2D eigenvalue weighted by atomic mass is 10.0. The molecule has 1 aromatic heterocycles. The Bertz CT molecular complexity index is 1050. The van der Waals surface area contributed by atoms with Gasteiger partial charge in [-0.3, -0.25) is 4.79 Å². The third-order valence-electron chi connectivity index (χ3n) is 3.97. The molecule has 0 unspecified atom stereocenters. The molecule has 26 heavy (non-hydrogen) atoms. The van der Waals surface area contributed by atoms with Gasteiger partial charge in [-0.2, -0.15) is 0 Å². The second kappa shape index (κ2) is 6.40. The first kappa shape index (κ1) is 17.3. The van der Waals surface area contributed by atoms with Gasteiger partial charge in [-0.1, -0.05) is 0 Å². The van der Waals surface area contributed by atoms with E-state index in [0.717, 1.165) is 6.26 Å². The van der Waals surface area contributed by atoms with Crippen LogP contribution >= 0.6 is 0 Å². The van der Waals surface area contributed by atoms with E-state index in [1.165, 1.54) is 39.5 Å². The summed E-state index contributed by atoms with van der Waals surface area (Å²) in [6.45, 7) is 0. The van der Waals surface area contributed by atoms with Gasteiger partial charge in [-0.15, -0.1) is 0 Å². The van der Waals surface area contributed by atoms with E-state index in [0.29, 0.717) is 5.56 Å². The number of benzene rings is 2. The first-order valence-electron chi connectivity index (χ1n) is 7.42. The summed E-state index contributed by atoms with van der Waals surface area (Å²) < 4.78 is 20.5. The van der Waals surface area contributed by atoms with Crippen LogP contribution in [0, 0.1) is 0 Å². The largest absolute Gasteiger partial charge is 0.504 e. The van der Waals surface area contributed by atoms with Crippen molar-refractivity contribution < 1.29 is 33.9 Å². The van der Waals surface area contributed by atoms with Crippen molar-refractivity contribution in [1.29, 1.82) is 0 Å². The van der Waals surface area contributed by atoms with Crippen molar-refractivity contribution in [3.8, 4) is 45.6 Å². The zero-order valence-electron chi connectivity index (χ0n) is 14.2.